The molecule has 1 aliphatic heterocycles. The van der Waals surface area contributed by atoms with Gasteiger partial charge in [-0.1, -0.05) is 0 Å². The van der Waals surface area contributed by atoms with Crippen molar-refractivity contribution in [2.45, 2.75) is 18.6 Å². The molecule has 1 aliphatic rings. The van der Waals surface area contributed by atoms with Gasteiger partial charge < -0.3 is 9.67 Å². The van der Waals surface area contributed by atoms with Crippen molar-refractivity contribution in [2.75, 3.05) is 0 Å². The zero-order valence-corrected chi connectivity index (χ0v) is 10.8. The first-order valence-electron chi connectivity index (χ1n) is 6.09. The highest BCUT2D eigenvalue weighted by atomic mass is 32.1. The molecule has 3 aromatic rings. The van der Waals surface area contributed by atoms with Gasteiger partial charge in [0.05, 0.1) is 18.2 Å². The predicted octanol–water partition coefficient (Wildman–Crippen LogP) is 2.88. The lowest BCUT2D eigenvalue weighted by molar-refractivity contribution is 0.0865. The van der Waals surface area contributed by atoms with E-state index < -0.39 is 5.60 Å². The largest absolute Gasteiger partial charge is 0.378 e. The van der Waals surface area contributed by atoms with Gasteiger partial charge in [-0.05, 0) is 29.7 Å². The summed E-state index contributed by atoms with van der Waals surface area (Å²) >= 11 is 1.51. The van der Waals surface area contributed by atoms with Crippen LogP contribution in [0.3, 0.4) is 0 Å². The lowest BCUT2D eigenvalue weighted by atomic mass is 9.97. The number of nitrogens with zero attached hydrogens (tertiary/aromatic N) is 2. The molecule has 3 nitrogen and oxygen atoms in total. The zero-order valence-electron chi connectivity index (χ0n) is 10.0. The summed E-state index contributed by atoms with van der Waals surface area (Å²) in [5.41, 5.74) is -0.170. The number of thiophene rings is 1. The van der Waals surface area contributed by atoms with Crippen molar-refractivity contribution < 1.29 is 9.50 Å². The first-order chi connectivity index (χ1) is 9.17. The van der Waals surface area contributed by atoms with Crippen LogP contribution in [0.25, 0.3) is 10.1 Å². The zero-order chi connectivity index (χ0) is 13.0. The van der Waals surface area contributed by atoms with Crippen molar-refractivity contribution in [3.63, 3.8) is 0 Å². The van der Waals surface area contributed by atoms with E-state index in [0.717, 1.165) is 27.2 Å². The van der Waals surface area contributed by atoms with E-state index in [9.17, 15) is 9.50 Å². The van der Waals surface area contributed by atoms with E-state index in [2.05, 4.69) is 4.98 Å². The van der Waals surface area contributed by atoms with Gasteiger partial charge in [-0.25, -0.2) is 9.37 Å². The van der Waals surface area contributed by atoms with Crippen molar-refractivity contribution in [1.82, 2.24) is 9.55 Å². The number of rotatable bonds is 1. The number of fused-ring (bicyclic) bond motifs is 2. The van der Waals surface area contributed by atoms with Crippen LogP contribution in [0, 0.1) is 5.82 Å². The number of aromatic nitrogens is 2. The van der Waals surface area contributed by atoms with Crippen molar-refractivity contribution >= 4 is 21.4 Å². The highest BCUT2D eigenvalue weighted by Crippen LogP contribution is 2.43. The fraction of sp³-hybridized carbons (Fsp3) is 0.214. The number of imidazole rings is 1. The molecule has 0 saturated carbocycles. The number of aliphatic hydroxyl groups is 1. The summed E-state index contributed by atoms with van der Waals surface area (Å²) in [5, 5.41) is 11.8. The minimum atomic E-state index is -0.989. The maximum Gasteiger partial charge on any atom is 0.142 e. The van der Waals surface area contributed by atoms with Crippen LogP contribution in [0.2, 0.25) is 0 Å². The summed E-state index contributed by atoms with van der Waals surface area (Å²) in [7, 11) is 0. The van der Waals surface area contributed by atoms with Crippen LogP contribution >= 0.6 is 11.3 Å². The van der Waals surface area contributed by atoms with E-state index in [1.54, 1.807) is 18.6 Å². The summed E-state index contributed by atoms with van der Waals surface area (Å²) in [4.78, 5) is 4.93. The quantitative estimate of drug-likeness (QED) is 0.741. The molecule has 3 heterocycles. The predicted molar refractivity (Wildman–Crippen MR) is 71.6 cm³/mol. The van der Waals surface area contributed by atoms with E-state index in [1.807, 2.05) is 10.6 Å². The minimum Gasteiger partial charge on any atom is -0.378 e. The van der Waals surface area contributed by atoms with Gasteiger partial charge >= 0.3 is 0 Å². The van der Waals surface area contributed by atoms with E-state index in [0.29, 0.717) is 6.42 Å². The topological polar surface area (TPSA) is 38.0 Å². The Morgan fingerprint density at radius 3 is 3.16 bits per heavy atom. The van der Waals surface area contributed by atoms with E-state index in [4.69, 9.17) is 0 Å². The Hall–Kier alpha value is -1.72. The van der Waals surface area contributed by atoms with Gasteiger partial charge in [0.15, 0.2) is 0 Å². The van der Waals surface area contributed by atoms with Crippen LogP contribution in [-0.2, 0) is 12.1 Å². The van der Waals surface area contributed by atoms with E-state index in [-0.39, 0.29) is 5.82 Å². The summed E-state index contributed by atoms with van der Waals surface area (Å²) in [6.45, 7) is 0.758. The molecule has 1 atom stereocenters. The van der Waals surface area contributed by atoms with Crippen LogP contribution in [0.5, 0.6) is 0 Å². The molecule has 96 valence electrons. The van der Waals surface area contributed by atoms with Crippen LogP contribution in [0.4, 0.5) is 4.39 Å². The smallest absolute Gasteiger partial charge is 0.142 e. The molecule has 5 heteroatoms. The molecule has 0 fully saturated rings. The van der Waals surface area contributed by atoms with Gasteiger partial charge in [-0.15, -0.1) is 11.3 Å². The average Bonchev–Trinajstić information content (AvgIpc) is 3.06. The Morgan fingerprint density at radius 2 is 2.26 bits per heavy atom. The van der Waals surface area contributed by atoms with Gasteiger partial charge in [-0.3, -0.25) is 0 Å². The summed E-state index contributed by atoms with van der Waals surface area (Å²) in [6, 6.07) is 6.59. The Bertz CT molecular complexity index is 779. The maximum absolute atomic E-state index is 13.2. The molecule has 0 radical (unpaired) electrons. The van der Waals surface area contributed by atoms with Gasteiger partial charge in [0.25, 0.3) is 0 Å². The third-order valence-electron chi connectivity index (χ3n) is 3.74. The number of hydrogen-bond donors (Lipinski definition) is 1. The second-order valence-electron chi connectivity index (χ2n) is 4.88. The normalized spacial score (nSPS) is 22.0. The van der Waals surface area contributed by atoms with Gasteiger partial charge in [0.1, 0.15) is 11.4 Å². The van der Waals surface area contributed by atoms with E-state index in [1.165, 1.54) is 23.5 Å². The van der Waals surface area contributed by atoms with Crippen molar-refractivity contribution in [1.29, 1.82) is 0 Å². The fourth-order valence-corrected chi connectivity index (χ4v) is 3.89. The summed E-state index contributed by atoms with van der Waals surface area (Å²) in [5.74, 6) is -0.250. The molecule has 1 N–H and O–H groups in total. The molecule has 0 saturated heterocycles. The molecule has 0 aliphatic carbocycles. The third-order valence-corrected chi connectivity index (χ3v) is 5.00. The molecule has 0 amide bonds. The monoisotopic (exact) mass is 274 g/mol. The van der Waals surface area contributed by atoms with Crippen LogP contribution in [-0.4, -0.2) is 14.7 Å². The Morgan fingerprint density at radius 1 is 1.37 bits per heavy atom. The Kier molecular flexibility index (Phi) is 2.14. The Labute approximate surface area is 112 Å². The molecule has 0 bridgehead atoms. The lowest BCUT2D eigenvalue weighted by Crippen LogP contribution is -2.22. The molecule has 1 aromatic carbocycles. The molecule has 19 heavy (non-hydrogen) atoms. The fourth-order valence-electron chi connectivity index (χ4n) is 2.72. The maximum atomic E-state index is 13.2. The first kappa shape index (κ1) is 11.1. The highest BCUT2D eigenvalue weighted by molar-refractivity contribution is 7.19. The van der Waals surface area contributed by atoms with Gasteiger partial charge in [0.2, 0.25) is 0 Å². The molecule has 4 rings (SSSR count). The Balaban J connectivity index is 1.91. The summed E-state index contributed by atoms with van der Waals surface area (Å²) < 4.78 is 16.2. The van der Waals surface area contributed by atoms with Gasteiger partial charge in [-0.2, -0.15) is 0 Å². The van der Waals surface area contributed by atoms with Crippen molar-refractivity contribution in [2.24, 2.45) is 0 Å². The first-order valence-corrected chi connectivity index (χ1v) is 6.91. The van der Waals surface area contributed by atoms with Crippen LogP contribution in [0.1, 0.15) is 17.0 Å². The molecular weight excluding hydrogens is 263 g/mol. The number of aryl methyl sites for hydroxylation is 1. The number of hydrogen-bond acceptors (Lipinski definition) is 3. The highest BCUT2D eigenvalue weighted by Gasteiger charge is 2.40. The minimum absolute atomic E-state index is 0.250. The third kappa shape index (κ3) is 1.49. The van der Waals surface area contributed by atoms with Crippen molar-refractivity contribution in [3.8, 4) is 0 Å². The van der Waals surface area contributed by atoms with Crippen molar-refractivity contribution in [3.05, 3.63) is 53.2 Å². The molecule has 0 spiro atoms. The van der Waals surface area contributed by atoms with Crippen LogP contribution < -0.4 is 0 Å². The molecule has 2 aromatic heterocycles. The number of benzene rings is 1. The van der Waals surface area contributed by atoms with Gasteiger partial charge in [0, 0.05) is 22.5 Å². The average molecular weight is 274 g/mol. The standard InChI is InChI=1S/C14H11FN2OS/c15-10-1-2-11-9(5-10)6-13(19-11)14(18)3-4-17-8-16-7-12(14)17/h1-2,5-8,18H,3-4H2. The summed E-state index contributed by atoms with van der Waals surface area (Å²) in [6.07, 6.45) is 4.08. The second-order valence-corrected chi connectivity index (χ2v) is 5.96. The lowest BCUT2D eigenvalue weighted by Gasteiger charge is -2.19. The molecule has 1 unspecified atom stereocenters. The van der Waals surface area contributed by atoms with E-state index >= 15 is 0 Å². The SMILES string of the molecule is OC1(c2cc3cc(F)ccc3s2)CCn2cncc21. The number of halogens is 1. The van der Waals surface area contributed by atoms with Crippen LogP contribution in [0.15, 0.2) is 36.8 Å². The second kappa shape index (κ2) is 3.65. The molecular formula is C14H11FN2OS.